The molecule has 2 heterocycles. The van der Waals surface area contributed by atoms with Crippen molar-refractivity contribution in [2.45, 2.75) is 26.2 Å². The molecule has 1 amide bonds. The monoisotopic (exact) mass is 465 g/mol. The van der Waals surface area contributed by atoms with Crippen LogP contribution in [0.15, 0.2) is 42.6 Å². The molecule has 33 heavy (non-hydrogen) atoms. The molecule has 9 heteroatoms. The van der Waals surface area contributed by atoms with Crippen LogP contribution in [0.2, 0.25) is 0 Å². The van der Waals surface area contributed by atoms with Crippen LogP contribution in [0.3, 0.4) is 0 Å². The SMILES string of the molecule is CCC(=O)c1cnc(NC(=O)C2CC2)cc1Nc1cccc(-c2cc(P(C)(C)=O)n(C)n2)c1. The van der Waals surface area contributed by atoms with Gasteiger partial charge in [0.2, 0.25) is 5.91 Å². The van der Waals surface area contributed by atoms with Gasteiger partial charge in [-0.05, 0) is 44.4 Å². The number of amides is 1. The Morgan fingerprint density at radius 1 is 1.18 bits per heavy atom. The fourth-order valence-corrected chi connectivity index (χ4v) is 4.80. The maximum Gasteiger partial charge on any atom is 0.228 e. The summed E-state index contributed by atoms with van der Waals surface area (Å²) in [6.45, 7) is 5.25. The van der Waals surface area contributed by atoms with Crippen molar-refractivity contribution in [1.82, 2.24) is 14.8 Å². The first-order valence-corrected chi connectivity index (χ1v) is 13.6. The van der Waals surface area contributed by atoms with Gasteiger partial charge in [0, 0.05) is 42.9 Å². The van der Waals surface area contributed by atoms with E-state index in [-0.39, 0.29) is 17.6 Å². The Bertz CT molecular complexity index is 1270. The molecule has 0 atom stereocenters. The molecule has 172 valence electrons. The van der Waals surface area contributed by atoms with Gasteiger partial charge in [0.1, 0.15) is 13.0 Å². The van der Waals surface area contributed by atoms with Gasteiger partial charge < -0.3 is 15.2 Å². The standard InChI is InChI=1S/C24H28N5O3P/c1-5-21(30)18-14-25-22(27-24(31)15-9-10-15)12-20(18)26-17-8-6-7-16(11-17)19-13-23(29(2)28-19)33(3,4)32/h6-8,11-15H,5,9-10H2,1-4H3,(H2,25,26,27,31). The Morgan fingerprint density at radius 3 is 2.58 bits per heavy atom. The van der Waals surface area contributed by atoms with Gasteiger partial charge in [-0.15, -0.1) is 0 Å². The quantitative estimate of drug-likeness (QED) is 0.377. The molecule has 0 saturated heterocycles. The highest BCUT2D eigenvalue weighted by Crippen LogP contribution is 2.36. The van der Waals surface area contributed by atoms with E-state index in [4.69, 9.17) is 0 Å². The number of nitrogens with zero attached hydrogens (tertiary/aromatic N) is 3. The molecule has 1 fully saturated rings. The highest BCUT2D eigenvalue weighted by Gasteiger charge is 2.30. The predicted octanol–water partition coefficient (Wildman–Crippen LogP) is 4.41. The number of pyridine rings is 1. The number of aryl methyl sites for hydroxylation is 1. The third-order valence-corrected chi connectivity index (χ3v) is 7.09. The number of nitrogens with one attached hydrogen (secondary N) is 2. The second-order valence-electron chi connectivity index (χ2n) is 8.72. The number of ketones is 1. The lowest BCUT2D eigenvalue weighted by Crippen LogP contribution is -2.15. The number of aromatic nitrogens is 3. The molecule has 2 N–H and O–H groups in total. The van der Waals surface area contributed by atoms with Crippen LogP contribution in [0.25, 0.3) is 11.3 Å². The molecule has 0 aliphatic heterocycles. The lowest BCUT2D eigenvalue weighted by atomic mass is 10.1. The van der Waals surface area contributed by atoms with Crippen molar-refractivity contribution in [2.75, 3.05) is 24.0 Å². The van der Waals surface area contributed by atoms with Crippen LogP contribution in [-0.4, -0.2) is 39.8 Å². The van der Waals surface area contributed by atoms with Crippen LogP contribution in [-0.2, 0) is 16.4 Å². The van der Waals surface area contributed by atoms with Gasteiger partial charge in [0.15, 0.2) is 5.78 Å². The largest absolute Gasteiger partial charge is 0.355 e. The number of carbonyl (C=O) groups excluding carboxylic acids is 2. The van der Waals surface area contributed by atoms with Crippen LogP contribution >= 0.6 is 7.14 Å². The normalized spacial score (nSPS) is 13.6. The molecule has 1 aromatic carbocycles. The summed E-state index contributed by atoms with van der Waals surface area (Å²) >= 11 is 0. The predicted molar refractivity (Wildman–Crippen MR) is 131 cm³/mol. The highest BCUT2D eigenvalue weighted by atomic mass is 31.2. The van der Waals surface area contributed by atoms with E-state index in [0.29, 0.717) is 28.9 Å². The Balaban J connectivity index is 1.65. The van der Waals surface area contributed by atoms with Crippen LogP contribution < -0.4 is 16.1 Å². The lowest BCUT2D eigenvalue weighted by molar-refractivity contribution is -0.117. The molecule has 2 aromatic heterocycles. The highest BCUT2D eigenvalue weighted by molar-refractivity contribution is 7.69. The molecule has 0 radical (unpaired) electrons. The second-order valence-corrected chi connectivity index (χ2v) is 11.9. The molecule has 8 nitrogen and oxygen atoms in total. The molecule has 1 aliphatic rings. The van der Waals surface area contributed by atoms with E-state index in [2.05, 4.69) is 20.7 Å². The van der Waals surface area contributed by atoms with Crippen molar-refractivity contribution in [3.8, 4) is 11.3 Å². The molecular formula is C24H28N5O3P. The first-order valence-electron chi connectivity index (χ1n) is 11.0. The minimum absolute atomic E-state index is 0.0416. The van der Waals surface area contributed by atoms with Crippen LogP contribution in [0, 0.1) is 5.92 Å². The molecule has 4 rings (SSSR count). The van der Waals surface area contributed by atoms with E-state index < -0.39 is 7.14 Å². The molecule has 0 unspecified atom stereocenters. The summed E-state index contributed by atoms with van der Waals surface area (Å²) < 4.78 is 14.2. The van der Waals surface area contributed by atoms with Crippen molar-refractivity contribution in [3.05, 3.63) is 48.2 Å². The third-order valence-electron chi connectivity index (χ3n) is 5.57. The lowest BCUT2D eigenvalue weighted by Gasteiger charge is -2.13. The molecule has 0 spiro atoms. The summed E-state index contributed by atoms with van der Waals surface area (Å²) in [5.74, 6) is 0.383. The Kier molecular flexibility index (Phi) is 6.21. The van der Waals surface area contributed by atoms with Crippen molar-refractivity contribution in [2.24, 2.45) is 13.0 Å². The fourth-order valence-electron chi connectivity index (χ4n) is 3.63. The minimum atomic E-state index is -2.46. The van der Waals surface area contributed by atoms with Gasteiger partial charge in [-0.2, -0.15) is 5.10 Å². The number of anilines is 3. The van der Waals surface area contributed by atoms with Crippen molar-refractivity contribution < 1.29 is 14.2 Å². The number of hydrogen-bond acceptors (Lipinski definition) is 6. The maximum absolute atomic E-state index is 12.5. The maximum atomic E-state index is 12.5. The smallest absolute Gasteiger partial charge is 0.228 e. The minimum Gasteiger partial charge on any atom is -0.355 e. The number of benzene rings is 1. The van der Waals surface area contributed by atoms with E-state index in [1.807, 2.05) is 30.3 Å². The van der Waals surface area contributed by atoms with E-state index in [1.54, 1.807) is 38.0 Å². The van der Waals surface area contributed by atoms with Crippen LogP contribution in [0.1, 0.15) is 36.5 Å². The van der Waals surface area contributed by atoms with Crippen molar-refractivity contribution in [3.63, 3.8) is 0 Å². The molecule has 0 bridgehead atoms. The van der Waals surface area contributed by atoms with E-state index in [9.17, 15) is 14.2 Å². The summed E-state index contributed by atoms with van der Waals surface area (Å²) in [6, 6.07) is 11.2. The van der Waals surface area contributed by atoms with Crippen molar-refractivity contribution in [1.29, 1.82) is 0 Å². The van der Waals surface area contributed by atoms with Gasteiger partial charge in [-0.25, -0.2) is 4.98 Å². The Labute approximate surface area is 193 Å². The van der Waals surface area contributed by atoms with Gasteiger partial charge >= 0.3 is 0 Å². The summed E-state index contributed by atoms with van der Waals surface area (Å²) in [7, 11) is -0.668. The third kappa shape index (κ3) is 5.22. The van der Waals surface area contributed by atoms with Crippen LogP contribution in [0.4, 0.5) is 17.2 Å². The van der Waals surface area contributed by atoms with E-state index in [1.165, 1.54) is 6.20 Å². The van der Waals surface area contributed by atoms with Crippen molar-refractivity contribution >= 4 is 41.5 Å². The van der Waals surface area contributed by atoms with E-state index >= 15 is 0 Å². The number of rotatable bonds is 8. The van der Waals surface area contributed by atoms with Crippen LogP contribution in [0.5, 0.6) is 0 Å². The van der Waals surface area contributed by atoms with Gasteiger partial charge in [-0.3, -0.25) is 14.3 Å². The van der Waals surface area contributed by atoms with Gasteiger partial charge in [0.25, 0.3) is 0 Å². The Morgan fingerprint density at radius 2 is 1.94 bits per heavy atom. The second kappa shape index (κ2) is 8.94. The zero-order chi connectivity index (χ0) is 23.8. The number of Topliss-reactive ketones (excluding diaryl/α,β-unsaturated/α-hetero) is 1. The molecular weight excluding hydrogens is 437 g/mol. The van der Waals surface area contributed by atoms with E-state index in [0.717, 1.165) is 29.8 Å². The topological polar surface area (TPSA) is 106 Å². The first kappa shape index (κ1) is 22.9. The van der Waals surface area contributed by atoms with Gasteiger partial charge in [-0.1, -0.05) is 19.1 Å². The zero-order valence-corrected chi connectivity index (χ0v) is 20.1. The number of hydrogen-bond donors (Lipinski definition) is 2. The van der Waals surface area contributed by atoms with Gasteiger partial charge in [0.05, 0.1) is 22.4 Å². The summed E-state index contributed by atoms with van der Waals surface area (Å²) in [5.41, 5.74) is 4.08. The molecule has 1 saturated carbocycles. The first-order chi connectivity index (χ1) is 15.7. The zero-order valence-electron chi connectivity index (χ0n) is 19.3. The average molecular weight is 465 g/mol. The summed E-state index contributed by atoms with van der Waals surface area (Å²) in [6.07, 6.45) is 3.65. The number of carbonyl (C=O) groups is 2. The Hall–Kier alpha value is -3.25. The molecule has 1 aliphatic carbocycles. The molecule has 3 aromatic rings. The average Bonchev–Trinajstić information content (AvgIpc) is 3.54. The summed E-state index contributed by atoms with van der Waals surface area (Å²) in [4.78, 5) is 28.9. The summed E-state index contributed by atoms with van der Waals surface area (Å²) in [5, 5.41) is 10.7. The fraction of sp³-hybridized carbons (Fsp3) is 0.333.